The van der Waals surface area contributed by atoms with Crippen molar-refractivity contribution in [3.63, 3.8) is 0 Å². The third-order valence-electron chi connectivity index (χ3n) is 2.53. The van der Waals surface area contributed by atoms with Gasteiger partial charge in [0.25, 0.3) is 5.91 Å². The lowest BCUT2D eigenvalue weighted by Gasteiger charge is -2.12. The van der Waals surface area contributed by atoms with E-state index in [1.165, 1.54) is 7.05 Å². The third-order valence-corrected chi connectivity index (χ3v) is 2.88. The molecule has 0 saturated heterocycles. The summed E-state index contributed by atoms with van der Waals surface area (Å²) in [6.07, 6.45) is 0. The molecular formula is C12H17ClN3O2+. The van der Waals surface area contributed by atoms with Crippen LogP contribution < -0.4 is 16.0 Å². The number of urea groups is 1. The van der Waals surface area contributed by atoms with Gasteiger partial charge >= 0.3 is 6.03 Å². The van der Waals surface area contributed by atoms with E-state index in [-0.39, 0.29) is 18.5 Å². The van der Waals surface area contributed by atoms with Crippen LogP contribution in [0.1, 0.15) is 18.5 Å². The predicted octanol–water partition coefficient (Wildman–Crippen LogP) is 0.420. The van der Waals surface area contributed by atoms with Crippen LogP contribution in [0.15, 0.2) is 24.3 Å². The van der Waals surface area contributed by atoms with Crippen LogP contribution in [0, 0.1) is 0 Å². The van der Waals surface area contributed by atoms with Gasteiger partial charge in [-0.3, -0.25) is 10.1 Å². The largest absolute Gasteiger partial charge is 0.341 e. The van der Waals surface area contributed by atoms with Gasteiger partial charge in [0, 0.05) is 17.6 Å². The predicted molar refractivity (Wildman–Crippen MR) is 69.3 cm³/mol. The average molecular weight is 271 g/mol. The second-order valence-corrected chi connectivity index (χ2v) is 4.28. The summed E-state index contributed by atoms with van der Waals surface area (Å²) in [5.74, 6) is -0.340. The Morgan fingerprint density at radius 1 is 1.39 bits per heavy atom. The molecule has 0 fully saturated rings. The van der Waals surface area contributed by atoms with Crippen molar-refractivity contribution in [3.05, 3.63) is 34.9 Å². The number of carbonyl (C=O) groups is 2. The lowest BCUT2D eigenvalue weighted by molar-refractivity contribution is -0.682. The summed E-state index contributed by atoms with van der Waals surface area (Å²) < 4.78 is 0. The molecule has 98 valence electrons. The van der Waals surface area contributed by atoms with E-state index in [2.05, 4.69) is 10.6 Å². The lowest BCUT2D eigenvalue weighted by Crippen LogP contribution is -2.87. The Kier molecular flexibility index (Phi) is 5.61. The van der Waals surface area contributed by atoms with E-state index in [0.29, 0.717) is 5.02 Å². The highest BCUT2D eigenvalue weighted by atomic mass is 35.5. The smallest absolute Gasteiger partial charge is 0.321 e. The molecule has 3 amide bonds. The van der Waals surface area contributed by atoms with Crippen molar-refractivity contribution in [2.24, 2.45) is 0 Å². The van der Waals surface area contributed by atoms with Crippen LogP contribution in [0.5, 0.6) is 0 Å². The lowest BCUT2D eigenvalue weighted by atomic mass is 10.1. The second-order valence-electron chi connectivity index (χ2n) is 3.88. The van der Waals surface area contributed by atoms with Crippen molar-refractivity contribution in [1.29, 1.82) is 0 Å². The van der Waals surface area contributed by atoms with Gasteiger partial charge in [-0.2, -0.15) is 0 Å². The summed E-state index contributed by atoms with van der Waals surface area (Å²) in [7, 11) is 1.46. The van der Waals surface area contributed by atoms with E-state index < -0.39 is 6.03 Å². The van der Waals surface area contributed by atoms with E-state index in [0.717, 1.165) is 5.56 Å². The Balaban J connectivity index is 2.47. The van der Waals surface area contributed by atoms with E-state index in [9.17, 15) is 9.59 Å². The number of quaternary nitrogens is 1. The van der Waals surface area contributed by atoms with Gasteiger partial charge < -0.3 is 10.6 Å². The van der Waals surface area contributed by atoms with Gasteiger partial charge in [0.05, 0.1) is 0 Å². The van der Waals surface area contributed by atoms with Gasteiger partial charge in [0.2, 0.25) is 0 Å². The average Bonchev–Trinajstić information content (AvgIpc) is 2.36. The number of hydrogen-bond donors (Lipinski definition) is 3. The number of nitrogens with two attached hydrogens (primary N) is 1. The first-order valence-corrected chi connectivity index (χ1v) is 6.01. The van der Waals surface area contributed by atoms with Crippen molar-refractivity contribution >= 4 is 23.5 Å². The van der Waals surface area contributed by atoms with Gasteiger partial charge in [-0.25, -0.2) is 4.79 Å². The Bertz CT molecular complexity index is 437. The number of carbonyl (C=O) groups excluding carboxylic acids is 2. The van der Waals surface area contributed by atoms with Gasteiger partial charge in [-0.1, -0.05) is 29.8 Å². The number of nitrogens with one attached hydrogen (secondary N) is 2. The maximum Gasteiger partial charge on any atom is 0.321 e. The molecule has 0 aliphatic rings. The molecule has 1 aromatic rings. The Morgan fingerprint density at radius 3 is 2.67 bits per heavy atom. The summed E-state index contributed by atoms with van der Waals surface area (Å²) >= 11 is 6.06. The van der Waals surface area contributed by atoms with Gasteiger partial charge in [-0.15, -0.1) is 0 Å². The Hall–Kier alpha value is -1.59. The highest BCUT2D eigenvalue weighted by Crippen LogP contribution is 2.19. The maximum absolute atomic E-state index is 11.4. The van der Waals surface area contributed by atoms with E-state index in [4.69, 9.17) is 11.6 Å². The first-order valence-electron chi connectivity index (χ1n) is 5.64. The minimum absolute atomic E-state index is 0.0501. The number of benzene rings is 1. The van der Waals surface area contributed by atoms with E-state index in [1.807, 2.05) is 36.5 Å². The Labute approximate surface area is 111 Å². The third kappa shape index (κ3) is 4.35. The monoisotopic (exact) mass is 270 g/mol. The molecule has 0 aromatic heterocycles. The number of imide groups is 1. The highest BCUT2D eigenvalue weighted by molar-refractivity contribution is 6.31. The number of halogens is 1. The Morgan fingerprint density at radius 2 is 2.06 bits per heavy atom. The maximum atomic E-state index is 11.4. The zero-order chi connectivity index (χ0) is 13.5. The number of rotatable bonds is 4. The molecule has 0 radical (unpaired) electrons. The van der Waals surface area contributed by atoms with E-state index >= 15 is 0 Å². The van der Waals surface area contributed by atoms with Crippen LogP contribution in [-0.2, 0) is 4.79 Å². The molecule has 4 N–H and O–H groups in total. The summed E-state index contributed by atoms with van der Waals surface area (Å²) in [5.41, 5.74) is 0.965. The minimum Gasteiger partial charge on any atom is -0.341 e. The summed E-state index contributed by atoms with van der Waals surface area (Å²) in [4.78, 5) is 22.3. The molecular weight excluding hydrogens is 254 g/mol. The fraction of sp³-hybridized carbons (Fsp3) is 0.333. The van der Waals surface area contributed by atoms with Crippen LogP contribution in [0.2, 0.25) is 5.02 Å². The molecule has 0 spiro atoms. The molecule has 0 unspecified atom stereocenters. The second kappa shape index (κ2) is 6.98. The summed E-state index contributed by atoms with van der Waals surface area (Å²) in [6, 6.07) is 7.03. The molecule has 6 heteroatoms. The molecule has 0 aliphatic carbocycles. The molecule has 0 heterocycles. The molecule has 5 nitrogen and oxygen atoms in total. The van der Waals surface area contributed by atoms with Crippen molar-refractivity contribution < 1.29 is 14.9 Å². The topological polar surface area (TPSA) is 74.8 Å². The SMILES string of the molecule is CNC(=O)NC(=O)C[NH2+][C@H](C)c1ccccc1Cl. The van der Waals surface area contributed by atoms with Gasteiger partial charge in [0.1, 0.15) is 6.04 Å². The highest BCUT2D eigenvalue weighted by Gasteiger charge is 2.14. The number of hydrogen-bond acceptors (Lipinski definition) is 2. The molecule has 0 bridgehead atoms. The summed E-state index contributed by atoms with van der Waals surface area (Å²) in [5, 5.41) is 7.01. The number of amides is 3. The van der Waals surface area contributed by atoms with Crippen LogP contribution in [0.25, 0.3) is 0 Å². The zero-order valence-corrected chi connectivity index (χ0v) is 11.1. The molecule has 0 saturated carbocycles. The normalized spacial score (nSPS) is 11.7. The van der Waals surface area contributed by atoms with Crippen LogP contribution in [0.3, 0.4) is 0 Å². The van der Waals surface area contributed by atoms with Crippen LogP contribution >= 0.6 is 11.6 Å². The molecule has 18 heavy (non-hydrogen) atoms. The van der Waals surface area contributed by atoms with Gasteiger partial charge in [0.15, 0.2) is 6.54 Å². The molecule has 1 rings (SSSR count). The molecule has 1 aromatic carbocycles. The fourth-order valence-corrected chi connectivity index (χ4v) is 1.80. The molecule has 1 atom stereocenters. The van der Waals surface area contributed by atoms with Crippen molar-refractivity contribution in [2.75, 3.05) is 13.6 Å². The zero-order valence-electron chi connectivity index (χ0n) is 10.4. The fourth-order valence-electron chi connectivity index (χ4n) is 1.50. The molecule has 0 aliphatic heterocycles. The van der Waals surface area contributed by atoms with Crippen LogP contribution in [0.4, 0.5) is 4.79 Å². The van der Waals surface area contributed by atoms with E-state index in [1.54, 1.807) is 0 Å². The van der Waals surface area contributed by atoms with Crippen molar-refractivity contribution in [3.8, 4) is 0 Å². The first kappa shape index (κ1) is 14.5. The van der Waals surface area contributed by atoms with Gasteiger partial charge in [-0.05, 0) is 13.0 Å². The first-order chi connectivity index (χ1) is 8.54. The minimum atomic E-state index is -0.501. The standard InChI is InChI=1S/C12H16ClN3O2/c1-8(9-5-3-4-6-10(9)13)15-7-11(17)16-12(18)14-2/h3-6,8,15H,7H2,1-2H3,(H2,14,16,17,18)/p+1/t8-/m1/s1. The van der Waals surface area contributed by atoms with Crippen molar-refractivity contribution in [2.45, 2.75) is 13.0 Å². The summed E-state index contributed by atoms with van der Waals surface area (Å²) in [6.45, 7) is 2.12. The quantitative estimate of drug-likeness (QED) is 0.742. The van der Waals surface area contributed by atoms with Crippen LogP contribution in [-0.4, -0.2) is 25.5 Å². The van der Waals surface area contributed by atoms with Crippen molar-refractivity contribution in [1.82, 2.24) is 10.6 Å².